The molecule has 0 aliphatic rings. The maximum Gasteiger partial charge on any atom is 0.274 e. The Morgan fingerprint density at radius 2 is 2.00 bits per heavy atom. The van der Waals surface area contributed by atoms with E-state index in [2.05, 4.69) is 10.5 Å². The number of amides is 1. The molecule has 1 N–H and O–H groups in total. The van der Waals surface area contributed by atoms with Crippen LogP contribution in [0.3, 0.4) is 0 Å². The molecule has 2 aromatic carbocycles. The van der Waals surface area contributed by atoms with Crippen molar-refractivity contribution in [2.75, 3.05) is 0 Å². The van der Waals surface area contributed by atoms with Crippen LogP contribution in [0.5, 0.6) is 0 Å². The Bertz CT molecular complexity index is 685. The fraction of sp³-hybridized carbons (Fsp3) is 0.125. The number of halogens is 2. The average molecular weight is 305 g/mol. The van der Waals surface area contributed by atoms with Gasteiger partial charge in [0.2, 0.25) is 0 Å². The number of hydrazone groups is 1. The molecule has 3 nitrogen and oxygen atoms in total. The van der Waals surface area contributed by atoms with E-state index < -0.39 is 11.7 Å². The first-order chi connectivity index (χ1) is 10.1. The van der Waals surface area contributed by atoms with Gasteiger partial charge in [-0.25, -0.2) is 9.82 Å². The Morgan fingerprint density at radius 3 is 2.67 bits per heavy atom. The van der Waals surface area contributed by atoms with E-state index in [9.17, 15) is 9.18 Å². The molecule has 0 radical (unpaired) electrons. The zero-order valence-corrected chi connectivity index (χ0v) is 12.2. The van der Waals surface area contributed by atoms with Gasteiger partial charge in [0.25, 0.3) is 5.91 Å². The van der Waals surface area contributed by atoms with Crippen molar-refractivity contribution in [1.82, 2.24) is 5.43 Å². The highest BCUT2D eigenvalue weighted by atomic mass is 35.5. The van der Waals surface area contributed by atoms with Gasteiger partial charge in [-0.05, 0) is 36.2 Å². The van der Waals surface area contributed by atoms with Crippen LogP contribution < -0.4 is 5.43 Å². The van der Waals surface area contributed by atoms with Crippen LogP contribution in [0.15, 0.2) is 53.6 Å². The van der Waals surface area contributed by atoms with Gasteiger partial charge in [0.05, 0.1) is 11.3 Å². The second-order valence-electron chi connectivity index (χ2n) is 4.34. The molecule has 0 aliphatic carbocycles. The number of nitrogens with one attached hydrogen (secondary N) is 1. The number of rotatable bonds is 4. The van der Waals surface area contributed by atoms with Crippen molar-refractivity contribution < 1.29 is 9.18 Å². The second-order valence-corrected chi connectivity index (χ2v) is 4.78. The smallest absolute Gasteiger partial charge is 0.267 e. The molecule has 0 bridgehead atoms. The molecule has 0 fully saturated rings. The molecule has 21 heavy (non-hydrogen) atoms. The molecule has 0 atom stereocenters. The summed E-state index contributed by atoms with van der Waals surface area (Å²) in [5.41, 5.74) is 3.82. The monoisotopic (exact) mass is 304 g/mol. The lowest BCUT2D eigenvalue weighted by atomic mass is 10.1. The molecule has 1 amide bonds. The van der Waals surface area contributed by atoms with Gasteiger partial charge in [-0.3, -0.25) is 4.79 Å². The van der Waals surface area contributed by atoms with E-state index in [0.29, 0.717) is 17.2 Å². The normalized spacial score (nSPS) is 11.3. The lowest BCUT2D eigenvalue weighted by Gasteiger charge is -2.06. The van der Waals surface area contributed by atoms with Crippen molar-refractivity contribution in [2.24, 2.45) is 5.10 Å². The molecule has 0 aliphatic heterocycles. The number of hydrogen-bond acceptors (Lipinski definition) is 2. The zero-order valence-electron chi connectivity index (χ0n) is 11.4. The first kappa shape index (κ1) is 15.2. The van der Waals surface area contributed by atoms with Gasteiger partial charge in [0.1, 0.15) is 5.82 Å². The number of carbonyl (C=O) groups is 1. The summed E-state index contributed by atoms with van der Waals surface area (Å²) in [5, 5.41) is 4.65. The van der Waals surface area contributed by atoms with E-state index in [1.807, 2.05) is 19.1 Å². The lowest BCUT2D eigenvalue weighted by molar-refractivity contribution is 0.0951. The lowest BCUT2D eigenvalue weighted by Crippen LogP contribution is -2.21. The second kappa shape index (κ2) is 6.99. The van der Waals surface area contributed by atoms with Crippen molar-refractivity contribution in [2.45, 2.75) is 13.3 Å². The van der Waals surface area contributed by atoms with E-state index >= 15 is 0 Å². The average Bonchev–Trinajstić information content (AvgIpc) is 2.48. The third-order valence-electron chi connectivity index (χ3n) is 2.90. The molecule has 108 valence electrons. The molecule has 5 heteroatoms. The highest BCUT2D eigenvalue weighted by Crippen LogP contribution is 2.13. The maximum absolute atomic E-state index is 13.5. The van der Waals surface area contributed by atoms with Crippen molar-refractivity contribution in [1.29, 1.82) is 0 Å². The fourth-order valence-electron chi connectivity index (χ4n) is 1.84. The number of hydrogen-bond donors (Lipinski definition) is 1. The molecular formula is C16H14ClFN2O. The van der Waals surface area contributed by atoms with Gasteiger partial charge in [0.15, 0.2) is 0 Å². The van der Waals surface area contributed by atoms with E-state index in [-0.39, 0.29) is 5.56 Å². The van der Waals surface area contributed by atoms with Crippen molar-refractivity contribution >= 4 is 23.2 Å². The first-order valence-electron chi connectivity index (χ1n) is 6.49. The van der Waals surface area contributed by atoms with Crippen molar-refractivity contribution in [3.05, 3.63) is 70.5 Å². The van der Waals surface area contributed by atoms with Crippen LogP contribution in [-0.4, -0.2) is 11.6 Å². The van der Waals surface area contributed by atoms with Gasteiger partial charge >= 0.3 is 0 Å². The maximum atomic E-state index is 13.5. The summed E-state index contributed by atoms with van der Waals surface area (Å²) >= 11 is 5.93. The van der Waals surface area contributed by atoms with E-state index in [1.165, 1.54) is 18.2 Å². The van der Waals surface area contributed by atoms with Crippen LogP contribution in [-0.2, 0) is 0 Å². The Balaban J connectivity index is 2.19. The summed E-state index contributed by atoms with van der Waals surface area (Å²) in [6.45, 7) is 1.91. The predicted molar refractivity (Wildman–Crippen MR) is 82.1 cm³/mol. The molecule has 2 aromatic rings. The first-order valence-corrected chi connectivity index (χ1v) is 6.87. The van der Waals surface area contributed by atoms with E-state index in [1.54, 1.807) is 18.2 Å². The summed E-state index contributed by atoms with van der Waals surface area (Å²) in [5.74, 6) is -1.16. The largest absolute Gasteiger partial charge is 0.274 e. The van der Waals surface area contributed by atoms with Crippen LogP contribution in [0.1, 0.15) is 29.3 Å². The Hall–Kier alpha value is -2.20. The SMILES string of the molecule is CC/C(=N\NC(=O)c1ccccc1F)c1cccc(Cl)c1. The summed E-state index contributed by atoms with van der Waals surface area (Å²) in [4.78, 5) is 11.9. The highest BCUT2D eigenvalue weighted by molar-refractivity contribution is 6.31. The quantitative estimate of drug-likeness (QED) is 0.672. The molecule has 0 unspecified atom stereocenters. The molecule has 2 rings (SSSR count). The van der Waals surface area contributed by atoms with Gasteiger partial charge in [-0.15, -0.1) is 0 Å². The third-order valence-corrected chi connectivity index (χ3v) is 3.14. The standard InChI is InChI=1S/C16H14ClFN2O/c1-2-15(11-6-5-7-12(17)10-11)19-20-16(21)13-8-3-4-9-14(13)18/h3-10H,2H2,1H3,(H,20,21)/b19-15+. The Kier molecular flexibility index (Phi) is 5.06. The van der Waals surface area contributed by atoms with Gasteiger partial charge in [0, 0.05) is 5.02 Å². The van der Waals surface area contributed by atoms with Gasteiger partial charge < -0.3 is 0 Å². The highest BCUT2D eigenvalue weighted by Gasteiger charge is 2.10. The number of nitrogens with zero attached hydrogens (tertiary/aromatic N) is 1. The minimum atomic E-state index is -0.582. The summed E-state index contributed by atoms with van der Waals surface area (Å²) < 4.78 is 13.5. The van der Waals surface area contributed by atoms with Crippen molar-refractivity contribution in [3.8, 4) is 0 Å². The third kappa shape index (κ3) is 3.89. The molecule has 0 saturated heterocycles. The minimum absolute atomic E-state index is 0.0391. The number of carbonyl (C=O) groups excluding carboxylic acids is 1. The number of benzene rings is 2. The minimum Gasteiger partial charge on any atom is -0.267 e. The molecule has 0 saturated carbocycles. The molecule has 0 spiro atoms. The van der Waals surface area contributed by atoms with Crippen LogP contribution >= 0.6 is 11.6 Å². The topological polar surface area (TPSA) is 41.5 Å². The van der Waals surface area contributed by atoms with Gasteiger partial charge in [-0.1, -0.05) is 42.8 Å². The van der Waals surface area contributed by atoms with Crippen molar-refractivity contribution in [3.63, 3.8) is 0 Å². The molecule has 0 heterocycles. The van der Waals surface area contributed by atoms with Crippen LogP contribution in [0.4, 0.5) is 4.39 Å². The fourth-order valence-corrected chi connectivity index (χ4v) is 2.03. The Labute approximate surface area is 127 Å². The molecule has 0 aromatic heterocycles. The van der Waals surface area contributed by atoms with Crippen LogP contribution in [0, 0.1) is 5.82 Å². The zero-order chi connectivity index (χ0) is 15.2. The summed E-state index contributed by atoms with van der Waals surface area (Å²) in [7, 11) is 0. The predicted octanol–water partition coefficient (Wildman–Crippen LogP) is 4.02. The van der Waals surface area contributed by atoms with Crippen LogP contribution in [0.25, 0.3) is 0 Å². The summed E-state index contributed by atoms with van der Waals surface area (Å²) in [6.07, 6.45) is 0.609. The van der Waals surface area contributed by atoms with Crippen LogP contribution in [0.2, 0.25) is 5.02 Å². The van der Waals surface area contributed by atoms with E-state index in [0.717, 1.165) is 5.56 Å². The summed E-state index contributed by atoms with van der Waals surface area (Å²) in [6, 6.07) is 12.9. The van der Waals surface area contributed by atoms with Gasteiger partial charge in [-0.2, -0.15) is 5.10 Å². The molecular weight excluding hydrogens is 291 g/mol. The van der Waals surface area contributed by atoms with E-state index in [4.69, 9.17) is 11.6 Å². The Morgan fingerprint density at radius 1 is 1.24 bits per heavy atom.